The minimum Gasteiger partial charge on any atom is -0.298 e. The molecule has 0 saturated heterocycles. The van der Waals surface area contributed by atoms with E-state index in [-0.39, 0.29) is 5.91 Å². The molecule has 7 heteroatoms. The number of nitrogens with zero attached hydrogens (tertiary/aromatic N) is 4. The van der Waals surface area contributed by atoms with E-state index in [1.54, 1.807) is 23.0 Å². The van der Waals surface area contributed by atoms with Gasteiger partial charge in [0.15, 0.2) is 10.9 Å². The molecule has 3 aromatic heterocycles. The zero-order chi connectivity index (χ0) is 15.7. The van der Waals surface area contributed by atoms with Crippen LogP contribution in [0.1, 0.15) is 27.4 Å². The third-order valence-corrected chi connectivity index (χ3v) is 3.95. The molecule has 0 unspecified atom stereocenters. The standard InChI is InChI=1S/C15H15N5OS/c1-9-6-11(3)20(19-9)13-5-4-12(7-16-13)14(21)18-15-17-10(2)8-22-15/h4-8H,1-3H3,(H,17,18,21). The van der Waals surface area contributed by atoms with Gasteiger partial charge in [0, 0.05) is 17.3 Å². The summed E-state index contributed by atoms with van der Waals surface area (Å²) in [6, 6.07) is 5.49. The number of anilines is 1. The van der Waals surface area contributed by atoms with Crippen LogP contribution in [0.5, 0.6) is 0 Å². The van der Waals surface area contributed by atoms with E-state index < -0.39 is 0 Å². The number of amides is 1. The number of nitrogens with one attached hydrogen (secondary N) is 1. The van der Waals surface area contributed by atoms with Crippen molar-refractivity contribution in [2.75, 3.05) is 5.32 Å². The first kappa shape index (κ1) is 14.4. The van der Waals surface area contributed by atoms with Crippen LogP contribution in [0.15, 0.2) is 29.8 Å². The summed E-state index contributed by atoms with van der Waals surface area (Å²) in [5, 5.41) is 9.61. The Balaban J connectivity index is 1.79. The van der Waals surface area contributed by atoms with Gasteiger partial charge in [0.05, 0.1) is 17.0 Å². The van der Waals surface area contributed by atoms with Crippen LogP contribution in [0.25, 0.3) is 5.82 Å². The molecule has 0 bridgehead atoms. The zero-order valence-corrected chi connectivity index (χ0v) is 13.3. The topological polar surface area (TPSA) is 72.7 Å². The molecule has 3 rings (SSSR count). The van der Waals surface area contributed by atoms with Crippen molar-refractivity contribution in [1.82, 2.24) is 19.7 Å². The molecule has 0 aliphatic heterocycles. The van der Waals surface area contributed by atoms with Crippen molar-refractivity contribution in [3.05, 3.63) is 52.4 Å². The van der Waals surface area contributed by atoms with Crippen molar-refractivity contribution in [2.24, 2.45) is 0 Å². The average molecular weight is 313 g/mol. The molecule has 0 aromatic carbocycles. The number of aromatic nitrogens is 4. The molecule has 112 valence electrons. The lowest BCUT2D eigenvalue weighted by atomic mass is 10.2. The molecule has 1 amide bonds. The minimum absolute atomic E-state index is 0.221. The van der Waals surface area contributed by atoms with E-state index in [2.05, 4.69) is 20.4 Å². The molecular weight excluding hydrogens is 298 g/mol. The number of carbonyl (C=O) groups is 1. The summed E-state index contributed by atoms with van der Waals surface area (Å²) in [4.78, 5) is 20.7. The van der Waals surface area contributed by atoms with Gasteiger partial charge in [-0.15, -0.1) is 11.3 Å². The Labute approximate surface area is 131 Å². The van der Waals surface area contributed by atoms with Crippen LogP contribution in [0.4, 0.5) is 5.13 Å². The fourth-order valence-corrected chi connectivity index (χ4v) is 2.77. The second-order valence-corrected chi connectivity index (χ2v) is 5.85. The van der Waals surface area contributed by atoms with Crippen molar-refractivity contribution >= 4 is 22.4 Å². The van der Waals surface area contributed by atoms with Crippen LogP contribution in [-0.4, -0.2) is 25.7 Å². The Morgan fingerprint density at radius 2 is 2.05 bits per heavy atom. The molecule has 0 aliphatic rings. The molecule has 1 N–H and O–H groups in total. The summed E-state index contributed by atoms with van der Waals surface area (Å²) in [5.74, 6) is 0.467. The largest absolute Gasteiger partial charge is 0.298 e. The van der Waals surface area contributed by atoms with Crippen LogP contribution in [-0.2, 0) is 0 Å². The Morgan fingerprint density at radius 1 is 1.23 bits per heavy atom. The molecule has 0 atom stereocenters. The summed E-state index contributed by atoms with van der Waals surface area (Å²) < 4.78 is 1.75. The first-order valence-electron chi connectivity index (χ1n) is 6.76. The summed E-state index contributed by atoms with van der Waals surface area (Å²) in [6.07, 6.45) is 1.54. The number of thiazole rings is 1. The predicted octanol–water partition coefficient (Wildman–Crippen LogP) is 2.90. The molecule has 22 heavy (non-hydrogen) atoms. The fourth-order valence-electron chi connectivity index (χ4n) is 2.09. The van der Waals surface area contributed by atoms with Crippen LogP contribution >= 0.6 is 11.3 Å². The van der Waals surface area contributed by atoms with Gasteiger partial charge >= 0.3 is 0 Å². The van der Waals surface area contributed by atoms with Gasteiger partial charge in [-0.2, -0.15) is 5.10 Å². The summed E-state index contributed by atoms with van der Waals surface area (Å²) in [6.45, 7) is 5.78. The van der Waals surface area contributed by atoms with E-state index in [1.807, 2.05) is 32.2 Å². The van der Waals surface area contributed by atoms with E-state index in [4.69, 9.17) is 0 Å². The maximum absolute atomic E-state index is 12.1. The minimum atomic E-state index is -0.221. The van der Waals surface area contributed by atoms with Crippen LogP contribution < -0.4 is 5.32 Å². The van der Waals surface area contributed by atoms with Gasteiger partial charge in [-0.1, -0.05) is 0 Å². The van der Waals surface area contributed by atoms with Crippen molar-refractivity contribution in [3.63, 3.8) is 0 Å². The van der Waals surface area contributed by atoms with Gasteiger partial charge in [-0.3, -0.25) is 10.1 Å². The Hall–Kier alpha value is -2.54. The summed E-state index contributed by atoms with van der Waals surface area (Å²) in [5.41, 5.74) is 3.30. The SMILES string of the molecule is Cc1csc(NC(=O)c2ccc(-n3nc(C)cc3C)nc2)n1. The first-order chi connectivity index (χ1) is 10.5. The maximum atomic E-state index is 12.1. The Morgan fingerprint density at radius 3 is 2.59 bits per heavy atom. The highest BCUT2D eigenvalue weighted by Gasteiger charge is 2.10. The lowest BCUT2D eigenvalue weighted by Crippen LogP contribution is -2.12. The van der Waals surface area contributed by atoms with E-state index in [0.29, 0.717) is 16.5 Å². The lowest BCUT2D eigenvalue weighted by Gasteiger charge is -2.05. The number of pyridine rings is 1. The monoisotopic (exact) mass is 313 g/mol. The van der Waals surface area contributed by atoms with Gasteiger partial charge in [-0.25, -0.2) is 14.6 Å². The second kappa shape index (κ2) is 5.69. The van der Waals surface area contributed by atoms with E-state index in [0.717, 1.165) is 17.1 Å². The Kier molecular flexibility index (Phi) is 3.72. The third kappa shape index (κ3) is 2.89. The van der Waals surface area contributed by atoms with Gasteiger partial charge < -0.3 is 0 Å². The predicted molar refractivity (Wildman–Crippen MR) is 85.6 cm³/mol. The number of carbonyl (C=O) groups excluding carboxylic acids is 1. The molecular formula is C15H15N5OS. The van der Waals surface area contributed by atoms with Crippen molar-refractivity contribution in [2.45, 2.75) is 20.8 Å². The smallest absolute Gasteiger partial charge is 0.259 e. The average Bonchev–Trinajstić information content (AvgIpc) is 3.04. The highest BCUT2D eigenvalue weighted by molar-refractivity contribution is 7.13. The quantitative estimate of drug-likeness (QED) is 0.807. The number of aryl methyl sites for hydroxylation is 3. The molecule has 0 saturated carbocycles. The number of hydrogen-bond donors (Lipinski definition) is 1. The van der Waals surface area contributed by atoms with Crippen molar-refractivity contribution < 1.29 is 4.79 Å². The zero-order valence-electron chi connectivity index (χ0n) is 12.5. The molecule has 3 heterocycles. The van der Waals surface area contributed by atoms with E-state index in [9.17, 15) is 4.79 Å². The lowest BCUT2D eigenvalue weighted by molar-refractivity contribution is 0.102. The van der Waals surface area contributed by atoms with Gasteiger partial charge in [0.2, 0.25) is 0 Å². The number of rotatable bonds is 3. The van der Waals surface area contributed by atoms with Crippen molar-refractivity contribution in [1.29, 1.82) is 0 Å². The molecule has 0 spiro atoms. The third-order valence-electron chi connectivity index (χ3n) is 3.08. The summed E-state index contributed by atoms with van der Waals surface area (Å²) in [7, 11) is 0. The van der Waals surface area contributed by atoms with Crippen LogP contribution in [0, 0.1) is 20.8 Å². The fraction of sp³-hybridized carbons (Fsp3) is 0.200. The Bertz CT molecular complexity index is 819. The molecule has 3 aromatic rings. The first-order valence-corrected chi connectivity index (χ1v) is 7.64. The summed E-state index contributed by atoms with van der Waals surface area (Å²) >= 11 is 1.40. The number of hydrogen-bond acceptors (Lipinski definition) is 5. The maximum Gasteiger partial charge on any atom is 0.259 e. The van der Waals surface area contributed by atoms with Crippen LogP contribution in [0.2, 0.25) is 0 Å². The molecule has 0 aliphatic carbocycles. The normalized spacial score (nSPS) is 10.7. The van der Waals surface area contributed by atoms with E-state index >= 15 is 0 Å². The van der Waals surface area contributed by atoms with E-state index in [1.165, 1.54) is 11.3 Å². The van der Waals surface area contributed by atoms with Gasteiger partial charge in [0.1, 0.15) is 0 Å². The second-order valence-electron chi connectivity index (χ2n) is 4.99. The van der Waals surface area contributed by atoms with Crippen molar-refractivity contribution in [3.8, 4) is 5.82 Å². The van der Waals surface area contributed by atoms with Crippen LogP contribution in [0.3, 0.4) is 0 Å². The van der Waals surface area contributed by atoms with Gasteiger partial charge in [0.25, 0.3) is 5.91 Å². The van der Waals surface area contributed by atoms with Gasteiger partial charge in [-0.05, 0) is 39.0 Å². The highest BCUT2D eigenvalue weighted by Crippen LogP contribution is 2.16. The molecule has 0 radical (unpaired) electrons. The molecule has 0 fully saturated rings. The molecule has 6 nitrogen and oxygen atoms in total. The highest BCUT2D eigenvalue weighted by atomic mass is 32.1.